The monoisotopic (exact) mass is 226 g/mol. The first-order valence-electron chi connectivity index (χ1n) is 5.71. The van der Waals surface area contributed by atoms with Crippen LogP contribution in [0.15, 0.2) is 30.3 Å². The van der Waals surface area contributed by atoms with Crippen LogP contribution in [-0.2, 0) is 19.4 Å². The summed E-state index contributed by atoms with van der Waals surface area (Å²) in [6, 6.07) is 12.3. The lowest BCUT2D eigenvalue weighted by Crippen LogP contribution is -2.05. The predicted molar refractivity (Wildman–Crippen MR) is 64.3 cm³/mol. The van der Waals surface area contributed by atoms with Gasteiger partial charge in [0.15, 0.2) is 5.69 Å². The molecular formula is C13H14N4. The summed E-state index contributed by atoms with van der Waals surface area (Å²) in [6.45, 7) is 2.75. The van der Waals surface area contributed by atoms with Crippen molar-refractivity contribution in [2.45, 2.75) is 26.3 Å². The van der Waals surface area contributed by atoms with E-state index in [2.05, 4.69) is 28.5 Å². The Hall–Kier alpha value is -2.15. The van der Waals surface area contributed by atoms with E-state index in [9.17, 15) is 0 Å². The van der Waals surface area contributed by atoms with Crippen LogP contribution in [0.2, 0.25) is 0 Å². The molecule has 1 heterocycles. The number of rotatable bonds is 4. The van der Waals surface area contributed by atoms with Crippen molar-refractivity contribution in [3.8, 4) is 6.07 Å². The molecule has 0 bridgehead atoms. The average Bonchev–Trinajstić information content (AvgIpc) is 2.79. The molecule has 86 valence electrons. The van der Waals surface area contributed by atoms with E-state index in [0.717, 1.165) is 25.1 Å². The van der Waals surface area contributed by atoms with Crippen molar-refractivity contribution in [2.24, 2.45) is 0 Å². The fourth-order valence-electron chi connectivity index (χ4n) is 1.83. The first-order valence-corrected chi connectivity index (χ1v) is 5.71. The molecule has 0 atom stereocenters. The van der Waals surface area contributed by atoms with Gasteiger partial charge in [-0.15, -0.1) is 5.10 Å². The number of aromatic nitrogens is 3. The van der Waals surface area contributed by atoms with Gasteiger partial charge in [0, 0.05) is 6.54 Å². The topological polar surface area (TPSA) is 54.5 Å². The third-order valence-corrected chi connectivity index (χ3v) is 2.74. The van der Waals surface area contributed by atoms with Crippen LogP contribution in [0.1, 0.15) is 23.9 Å². The normalized spacial score (nSPS) is 10.1. The molecule has 1 aromatic heterocycles. The molecule has 1 aromatic carbocycles. The molecule has 0 saturated heterocycles. The highest BCUT2D eigenvalue weighted by Gasteiger charge is 2.10. The van der Waals surface area contributed by atoms with Crippen molar-refractivity contribution in [2.75, 3.05) is 0 Å². The third-order valence-electron chi connectivity index (χ3n) is 2.74. The van der Waals surface area contributed by atoms with Crippen LogP contribution in [0.25, 0.3) is 0 Å². The minimum atomic E-state index is 0.447. The number of hydrogen-bond donors (Lipinski definition) is 0. The van der Waals surface area contributed by atoms with Crippen molar-refractivity contribution >= 4 is 0 Å². The molecule has 4 nitrogen and oxygen atoms in total. The number of aryl methyl sites for hydroxylation is 2. The summed E-state index contributed by atoms with van der Waals surface area (Å²) in [5.74, 6) is 0. The Balaban J connectivity index is 2.14. The molecule has 0 saturated carbocycles. The number of nitrogens with zero attached hydrogens (tertiary/aromatic N) is 4. The van der Waals surface area contributed by atoms with Crippen molar-refractivity contribution in [1.82, 2.24) is 15.0 Å². The number of nitriles is 1. The van der Waals surface area contributed by atoms with Crippen molar-refractivity contribution in [1.29, 1.82) is 5.26 Å². The van der Waals surface area contributed by atoms with Gasteiger partial charge in [-0.05, 0) is 25.3 Å². The molecule has 0 spiro atoms. The maximum absolute atomic E-state index is 8.96. The largest absolute Gasteiger partial charge is 0.248 e. The SMILES string of the molecule is CCn1nnc(C#N)c1CCc1ccccc1. The summed E-state index contributed by atoms with van der Waals surface area (Å²) in [5.41, 5.74) is 2.64. The van der Waals surface area contributed by atoms with Crippen LogP contribution < -0.4 is 0 Å². The van der Waals surface area contributed by atoms with E-state index in [0.29, 0.717) is 5.69 Å². The second-order valence-corrected chi connectivity index (χ2v) is 3.80. The van der Waals surface area contributed by atoms with Crippen LogP contribution in [-0.4, -0.2) is 15.0 Å². The molecule has 0 aliphatic carbocycles. The molecule has 0 fully saturated rings. The van der Waals surface area contributed by atoms with E-state index in [-0.39, 0.29) is 0 Å². The van der Waals surface area contributed by atoms with E-state index in [1.807, 2.05) is 25.1 Å². The van der Waals surface area contributed by atoms with Gasteiger partial charge in [-0.1, -0.05) is 35.5 Å². The molecule has 0 amide bonds. The van der Waals surface area contributed by atoms with E-state index in [1.54, 1.807) is 4.68 Å². The quantitative estimate of drug-likeness (QED) is 0.800. The lowest BCUT2D eigenvalue weighted by atomic mass is 10.1. The zero-order valence-electron chi connectivity index (χ0n) is 9.80. The van der Waals surface area contributed by atoms with Crippen LogP contribution in [0, 0.1) is 11.3 Å². The molecule has 2 aromatic rings. The van der Waals surface area contributed by atoms with Gasteiger partial charge in [0.05, 0.1) is 5.69 Å². The van der Waals surface area contributed by atoms with Crippen LogP contribution in [0.3, 0.4) is 0 Å². The van der Waals surface area contributed by atoms with Gasteiger partial charge >= 0.3 is 0 Å². The van der Waals surface area contributed by atoms with Gasteiger partial charge in [0.2, 0.25) is 0 Å². The lowest BCUT2D eigenvalue weighted by molar-refractivity contribution is 0.595. The minimum absolute atomic E-state index is 0.447. The molecule has 0 radical (unpaired) electrons. The summed E-state index contributed by atoms with van der Waals surface area (Å²) >= 11 is 0. The maximum atomic E-state index is 8.96. The Labute approximate surface area is 101 Å². The molecule has 0 aliphatic heterocycles. The summed E-state index contributed by atoms with van der Waals surface area (Å²) in [7, 11) is 0. The van der Waals surface area contributed by atoms with E-state index in [1.165, 1.54) is 5.56 Å². The highest BCUT2D eigenvalue weighted by Crippen LogP contribution is 2.09. The van der Waals surface area contributed by atoms with Crippen LogP contribution in [0.5, 0.6) is 0 Å². The van der Waals surface area contributed by atoms with E-state index in [4.69, 9.17) is 5.26 Å². The zero-order chi connectivity index (χ0) is 12.1. The first kappa shape index (κ1) is 11.3. The molecule has 2 rings (SSSR count). The standard InChI is InChI=1S/C13H14N4/c1-2-17-13(12(10-14)15-16-17)9-8-11-6-4-3-5-7-11/h3-7H,2,8-9H2,1H3. The van der Waals surface area contributed by atoms with Gasteiger partial charge in [-0.25, -0.2) is 4.68 Å². The van der Waals surface area contributed by atoms with Crippen molar-refractivity contribution in [3.63, 3.8) is 0 Å². The van der Waals surface area contributed by atoms with Crippen molar-refractivity contribution in [3.05, 3.63) is 47.3 Å². The average molecular weight is 226 g/mol. The van der Waals surface area contributed by atoms with Gasteiger partial charge in [-0.3, -0.25) is 0 Å². The van der Waals surface area contributed by atoms with Gasteiger partial charge in [0.1, 0.15) is 6.07 Å². The second kappa shape index (κ2) is 5.26. The molecule has 0 N–H and O–H groups in total. The summed E-state index contributed by atoms with van der Waals surface area (Å²) in [4.78, 5) is 0. The smallest absolute Gasteiger partial charge is 0.185 e. The molecule has 0 unspecified atom stereocenters. The maximum Gasteiger partial charge on any atom is 0.185 e. The fourth-order valence-corrected chi connectivity index (χ4v) is 1.83. The predicted octanol–water partition coefficient (Wildman–Crippen LogP) is 1.95. The van der Waals surface area contributed by atoms with E-state index >= 15 is 0 Å². The Kier molecular flexibility index (Phi) is 3.51. The van der Waals surface area contributed by atoms with Crippen LogP contribution in [0.4, 0.5) is 0 Å². The molecule has 4 heteroatoms. The number of hydrogen-bond acceptors (Lipinski definition) is 3. The highest BCUT2D eigenvalue weighted by molar-refractivity contribution is 5.26. The van der Waals surface area contributed by atoms with Gasteiger partial charge in [-0.2, -0.15) is 5.26 Å². The Morgan fingerprint density at radius 3 is 2.65 bits per heavy atom. The minimum Gasteiger partial charge on any atom is -0.248 e. The summed E-state index contributed by atoms with van der Waals surface area (Å²) in [5, 5.41) is 16.8. The third kappa shape index (κ3) is 2.51. The second-order valence-electron chi connectivity index (χ2n) is 3.80. The zero-order valence-corrected chi connectivity index (χ0v) is 9.80. The van der Waals surface area contributed by atoms with Gasteiger partial charge < -0.3 is 0 Å². The number of benzene rings is 1. The molecule has 0 aliphatic rings. The van der Waals surface area contributed by atoms with E-state index < -0.39 is 0 Å². The van der Waals surface area contributed by atoms with Gasteiger partial charge in [0.25, 0.3) is 0 Å². The first-order chi connectivity index (χ1) is 8.35. The highest BCUT2D eigenvalue weighted by atomic mass is 15.4. The lowest BCUT2D eigenvalue weighted by Gasteiger charge is -2.03. The molecule has 17 heavy (non-hydrogen) atoms. The Morgan fingerprint density at radius 2 is 2.00 bits per heavy atom. The fraction of sp³-hybridized carbons (Fsp3) is 0.308. The Bertz CT molecular complexity index is 522. The van der Waals surface area contributed by atoms with Crippen molar-refractivity contribution < 1.29 is 0 Å². The summed E-state index contributed by atoms with van der Waals surface area (Å²) in [6.07, 6.45) is 1.70. The van der Waals surface area contributed by atoms with Crippen LogP contribution >= 0.6 is 0 Å². The molecular weight excluding hydrogens is 212 g/mol. The summed E-state index contributed by atoms with van der Waals surface area (Å²) < 4.78 is 1.79. The Morgan fingerprint density at radius 1 is 1.24 bits per heavy atom.